The predicted octanol–water partition coefficient (Wildman–Crippen LogP) is 4.69. The van der Waals surface area contributed by atoms with E-state index in [1.54, 1.807) is 17.0 Å². The van der Waals surface area contributed by atoms with Gasteiger partial charge in [0.05, 0.1) is 11.6 Å². The topological polar surface area (TPSA) is 92.2 Å². The zero-order valence-corrected chi connectivity index (χ0v) is 19.5. The predicted molar refractivity (Wildman–Crippen MR) is 131 cm³/mol. The maximum absolute atomic E-state index is 14.7. The molecule has 1 unspecified atom stereocenters. The number of carbonyl (C=O) groups excluding carboxylic acids is 2. The molecule has 5 rings (SSSR count). The van der Waals surface area contributed by atoms with Gasteiger partial charge in [0.25, 0.3) is 0 Å². The fraction of sp³-hybridized carbons (Fsp3) is 0.385. The van der Waals surface area contributed by atoms with Gasteiger partial charge in [-0.15, -0.1) is 10.2 Å². The number of carbonyl (C=O) groups is 2. The Hall–Kier alpha value is -3.75. The zero-order valence-electron chi connectivity index (χ0n) is 19.5. The van der Waals surface area contributed by atoms with Crippen LogP contribution in [0.5, 0.6) is 0 Å². The summed E-state index contributed by atoms with van der Waals surface area (Å²) in [7, 11) is 0. The van der Waals surface area contributed by atoms with Crippen molar-refractivity contribution in [3.8, 4) is 11.4 Å². The van der Waals surface area contributed by atoms with Gasteiger partial charge in [0, 0.05) is 37.3 Å². The molecule has 3 aromatic rings. The van der Waals surface area contributed by atoms with Gasteiger partial charge in [-0.3, -0.25) is 4.79 Å². The van der Waals surface area contributed by atoms with Crippen molar-refractivity contribution in [2.24, 2.45) is 5.92 Å². The van der Waals surface area contributed by atoms with Gasteiger partial charge < -0.3 is 20.1 Å². The SMILES string of the molecule is O=C(Nc1cc(-c2nnc3n2CCCCC3)ccc1F)C1CCCN(C(=O)Nc2ccccc2)C1. The van der Waals surface area contributed by atoms with Crippen LogP contribution in [0.25, 0.3) is 11.4 Å². The number of nitrogens with zero attached hydrogens (tertiary/aromatic N) is 4. The number of anilines is 2. The Morgan fingerprint density at radius 3 is 2.66 bits per heavy atom. The minimum Gasteiger partial charge on any atom is -0.324 e. The van der Waals surface area contributed by atoms with Crippen molar-refractivity contribution in [1.29, 1.82) is 0 Å². The first kappa shape index (κ1) is 23.0. The van der Waals surface area contributed by atoms with Crippen LogP contribution in [0, 0.1) is 11.7 Å². The molecule has 0 bridgehead atoms. The summed E-state index contributed by atoms with van der Waals surface area (Å²) >= 11 is 0. The lowest BCUT2D eigenvalue weighted by Crippen LogP contribution is -2.45. The van der Waals surface area contributed by atoms with E-state index in [1.165, 1.54) is 6.07 Å². The molecular weight excluding hydrogens is 447 g/mol. The monoisotopic (exact) mass is 476 g/mol. The Morgan fingerprint density at radius 2 is 1.80 bits per heavy atom. The second-order valence-electron chi connectivity index (χ2n) is 9.17. The van der Waals surface area contributed by atoms with Crippen LogP contribution in [0.4, 0.5) is 20.6 Å². The standard InChI is InChI=1S/C26H29FN6O2/c27-21-13-12-18(24-31-30-23-11-5-2-6-15-33(23)24)16-22(21)29-25(34)19-8-7-14-32(17-19)26(35)28-20-9-3-1-4-10-20/h1,3-4,9-10,12-13,16,19H,2,5-8,11,14-15,17H2,(H,28,35)(H,29,34). The molecule has 0 spiro atoms. The van der Waals surface area contributed by atoms with Gasteiger partial charge in [0.15, 0.2) is 5.82 Å². The highest BCUT2D eigenvalue weighted by Gasteiger charge is 2.29. The summed E-state index contributed by atoms with van der Waals surface area (Å²) in [6.45, 7) is 1.69. The summed E-state index contributed by atoms with van der Waals surface area (Å²) < 4.78 is 16.8. The van der Waals surface area contributed by atoms with Crippen LogP contribution in [0.15, 0.2) is 48.5 Å². The van der Waals surface area contributed by atoms with Crippen molar-refractivity contribution in [2.45, 2.75) is 45.1 Å². The first-order valence-electron chi connectivity index (χ1n) is 12.2. The third kappa shape index (κ3) is 5.18. The molecule has 35 heavy (non-hydrogen) atoms. The molecule has 1 aromatic heterocycles. The molecule has 1 atom stereocenters. The molecule has 2 aliphatic rings. The molecule has 2 aromatic carbocycles. The van der Waals surface area contributed by atoms with Crippen molar-refractivity contribution < 1.29 is 14.0 Å². The molecule has 1 saturated heterocycles. The number of fused-ring (bicyclic) bond motifs is 1. The second kappa shape index (κ2) is 10.2. The number of benzene rings is 2. The van der Waals surface area contributed by atoms with Crippen molar-refractivity contribution >= 4 is 23.3 Å². The quantitative estimate of drug-likeness (QED) is 0.571. The van der Waals surface area contributed by atoms with Gasteiger partial charge in [-0.25, -0.2) is 9.18 Å². The minimum absolute atomic E-state index is 0.115. The highest BCUT2D eigenvalue weighted by atomic mass is 19.1. The maximum Gasteiger partial charge on any atom is 0.321 e. The number of hydrogen-bond donors (Lipinski definition) is 2. The molecule has 3 amide bonds. The van der Waals surface area contributed by atoms with E-state index < -0.39 is 11.7 Å². The minimum atomic E-state index is -0.507. The number of urea groups is 1. The van der Waals surface area contributed by atoms with Crippen LogP contribution in [0.2, 0.25) is 0 Å². The molecule has 182 valence electrons. The third-order valence-electron chi connectivity index (χ3n) is 6.70. The molecule has 9 heteroatoms. The van der Waals surface area contributed by atoms with Gasteiger partial charge in [-0.05, 0) is 56.0 Å². The number of rotatable bonds is 4. The molecule has 2 N–H and O–H groups in total. The molecule has 0 saturated carbocycles. The number of halogens is 1. The lowest BCUT2D eigenvalue weighted by Gasteiger charge is -2.32. The van der Waals surface area contributed by atoms with Crippen LogP contribution >= 0.6 is 0 Å². The number of nitrogens with one attached hydrogen (secondary N) is 2. The van der Waals surface area contributed by atoms with Crippen molar-refractivity contribution in [3.05, 3.63) is 60.2 Å². The van der Waals surface area contributed by atoms with E-state index in [1.807, 2.05) is 30.3 Å². The summed E-state index contributed by atoms with van der Waals surface area (Å²) in [6, 6.07) is 13.6. The summed E-state index contributed by atoms with van der Waals surface area (Å²) in [6.07, 6.45) is 5.52. The molecule has 3 heterocycles. The van der Waals surface area contributed by atoms with Gasteiger partial charge >= 0.3 is 6.03 Å². The van der Waals surface area contributed by atoms with E-state index in [4.69, 9.17) is 0 Å². The molecular formula is C26H29FN6O2. The number of amides is 3. The Morgan fingerprint density at radius 1 is 0.943 bits per heavy atom. The second-order valence-corrected chi connectivity index (χ2v) is 9.17. The molecule has 8 nitrogen and oxygen atoms in total. The van der Waals surface area contributed by atoms with E-state index in [2.05, 4.69) is 25.4 Å². The fourth-order valence-electron chi connectivity index (χ4n) is 4.79. The lowest BCUT2D eigenvalue weighted by molar-refractivity contribution is -0.121. The highest BCUT2D eigenvalue weighted by Crippen LogP contribution is 2.28. The molecule has 0 aliphatic carbocycles. The number of piperidine rings is 1. The highest BCUT2D eigenvalue weighted by molar-refractivity contribution is 5.94. The van der Waals surface area contributed by atoms with Crippen molar-refractivity contribution in [1.82, 2.24) is 19.7 Å². The Bertz CT molecular complexity index is 1210. The number of aromatic nitrogens is 3. The largest absolute Gasteiger partial charge is 0.324 e. The molecule has 0 radical (unpaired) electrons. The summed E-state index contributed by atoms with van der Waals surface area (Å²) in [5.74, 6) is 0.422. The van der Waals surface area contributed by atoms with Crippen LogP contribution in [-0.2, 0) is 17.8 Å². The van der Waals surface area contributed by atoms with E-state index >= 15 is 0 Å². The van der Waals surface area contributed by atoms with Crippen molar-refractivity contribution in [2.75, 3.05) is 23.7 Å². The third-order valence-corrected chi connectivity index (χ3v) is 6.70. The van der Waals surface area contributed by atoms with Gasteiger partial charge in [0.1, 0.15) is 11.6 Å². The van der Waals surface area contributed by atoms with Crippen LogP contribution in [0.3, 0.4) is 0 Å². The molecule has 2 aliphatic heterocycles. The van der Waals surface area contributed by atoms with E-state index in [-0.39, 0.29) is 24.2 Å². The van der Waals surface area contributed by atoms with E-state index in [9.17, 15) is 14.0 Å². The Labute approximate surface area is 203 Å². The Kier molecular flexibility index (Phi) is 6.74. The van der Waals surface area contributed by atoms with E-state index in [0.29, 0.717) is 30.9 Å². The normalized spacial score (nSPS) is 17.9. The first-order chi connectivity index (χ1) is 17.1. The maximum atomic E-state index is 14.7. The van der Waals surface area contributed by atoms with Crippen LogP contribution in [0.1, 0.15) is 37.9 Å². The average molecular weight is 477 g/mol. The molecule has 1 fully saturated rings. The number of hydrogen-bond acceptors (Lipinski definition) is 4. The smallest absolute Gasteiger partial charge is 0.321 e. The number of para-hydroxylation sites is 1. The summed E-state index contributed by atoms with van der Waals surface area (Å²) in [5.41, 5.74) is 1.54. The number of likely N-dealkylation sites (tertiary alicyclic amines) is 1. The van der Waals surface area contributed by atoms with Gasteiger partial charge in [-0.1, -0.05) is 24.6 Å². The Balaban J connectivity index is 1.27. The zero-order chi connectivity index (χ0) is 24.2. The number of aryl methyl sites for hydroxylation is 1. The van der Waals surface area contributed by atoms with Crippen molar-refractivity contribution in [3.63, 3.8) is 0 Å². The van der Waals surface area contributed by atoms with E-state index in [0.717, 1.165) is 43.6 Å². The fourth-order valence-corrected chi connectivity index (χ4v) is 4.79. The summed E-state index contributed by atoms with van der Waals surface area (Å²) in [5, 5.41) is 14.3. The average Bonchev–Trinajstić information content (AvgIpc) is 3.13. The van der Waals surface area contributed by atoms with Crippen LogP contribution in [-0.4, -0.2) is 44.7 Å². The van der Waals surface area contributed by atoms with Crippen LogP contribution < -0.4 is 10.6 Å². The van der Waals surface area contributed by atoms with Gasteiger partial charge in [-0.2, -0.15) is 0 Å². The summed E-state index contributed by atoms with van der Waals surface area (Å²) in [4.78, 5) is 27.4. The first-order valence-corrected chi connectivity index (χ1v) is 12.2. The van der Waals surface area contributed by atoms with Gasteiger partial charge in [0.2, 0.25) is 5.91 Å². The lowest BCUT2D eigenvalue weighted by atomic mass is 9.97.